The molecular weight excluding hydrogens is 395 g/mol. The molecule has 0 aliphatic carbocycles. The van der Waals surface area contributed by atoms with E-state index in [2.05, 4.69) is 15.6 Å². The van der Waals surface area contributed by atoms with Crippen LogP contribution in [0.5, 0.6) is 5.75 Å². The summed E-state index contributed by atoms with van der Waals surface area (Å²) in [6.07, 6.45) is -4.73. The van der Waals surface area contributed by atoms with E-state index < -0.39 is 28.8 Å². The molecule has 3 rings (SSSR count). The fraction of sp³-hybridized carbons (Fsp3) is 0.167. The summed E-state index contributed by atoms with van der Waals surface area (Å²) in [4.78, 5) is 28.4. The lowest BCUT2D eigenvalue weighted by atomic mass is 10.2. The predicted molar refractivity (Wildman–Crippen MR) is 99.4 cm³/mol. The number of carbonyl (C=O) groups excluding carboxylic acids is 2. The number of amidine groups is 1. The van der Waals surface area contributed by atoms with Crippen molar-refractivity contribution in [1.29, 1.82) is 0 Å². The summed E-state index contributed by atoms with van der Waals surface area (Å²) in [6.45, 7) is 0. The van der Waals surface area contributed by atoms with Gasteiger partial charge in [0.15, 0.2) is 5.17 Å². The molecule has 1 fully saturated rings. The standard InChI is InChI=1S/C18H14F3N3O3S/c19-18(20,21)10-2-1-3-12(8-10)22-15(26)9-14-16(27)24-17(28-14)23-11-4-6-13(25)7-5-11/h1-8,14,25H,9H2,(H,22,26)(H,23,24,27). The molecular formula is C18H14F3N3O3S. The Balaban J connectivity index is 1.61. The number of hydrogen-bond acceptors (Lipinski definition) is 5. The lowest BCUT2D eigenvalue weighted by molar-refractivity contribution is -0.137. The smallest absolute Gasteiger partial charge is 0.416 e. The first kappa shape index (κ1) is 19.7. The Hall–Kier alpha value is -3.01. The van der Waals surface area contributed by atoms with E-state index in [1.165, 1.54) is 24.3 Å². The highest BCUT2D eigenvalue weighted by Crippen LogP contribution is 2.31. The van der Waals surface area contributed by atoms with Crippen LogP contribution in [0.1, 0.15) is 12.0 Å². The van der Waals surface area contributed by atoms with Crippen LogP contribution in [0.3, 0.4) is 0 Å². The number of phenols is 1. The third-order valence-electron chi connectivity index (χ3n) is 3.70. The third kappa shape index (κ3) is 5.03. The molecule has 146 valence electrons. The highest BCUT2D eigenvalue weighted by molar-refractivity contribution is 8.15. The number of alkyl halides is 3. The summed E-state index contributed by atoms with van der Waals surface area (Å²) in [5, 5.41) is 13.7. The molecule has 0 bridgehead atoms. The van der Waals surface area contributed by atoms with E-state index in [0.29, 0.717) is 10.9 Å². The van der Waals surface area contributed by atoms with E-state index in [9.17, 15) is 27.9 Å². The second-order valence-electron chi connectivity index (χ2n) is 5.86. The summed E-state index contributed by atoms with van der Waals surface area (Å²) >= 11 is 1.05. The van der Waals surface area contributed by atoms with Crippen LogP contribution in [0.2, 0.25) is 0 Å². The van der Waals surface area contributed by atoms with E-state index in [1.54, 1.807) is 12.1 Å². The molecule has 3 N–H and O–H groups in total. The maximum Gasteiger partial charge on any atom is 0.416 e. The Morgan fingerprint density at radius 3 is 2.61 bits per heavy atom. The molecule has 1 heterocycles. The highest BCUT2D eigenvalue weighted by atomic mass is 32.2. The fourth-order valence-electron chi connectivity index (χ4n) is 2.39. The molecule has 10 heteroatoms. The van der Waals surface area contributed by atoms with Crippen LogP contribution in [-0.2, 0) is 15.8 Å². The normalized spacial score (nSPS) is 18.2. The van der Waals surface area contributed by atoms with Crippen LogP contribution in [-0.4, -0.2) is 27.3 Å². The number of amides is 2. The Bertz CT molecular complexity index is 930. The van der Waals surface area contributed by atoms with Crippen molar-refractivity contribution in [2.45, 2.75) is 17.8 Å². The number of carbonyl (C=O) groups is 2. The van der Waals surface area contributed by atoms with Gasteiger partial charge in [-0.1, -0.05) is 17.8 Å². The quantitative estimate of drug-likeness (QED) is 0.719. The van der Waals surface area contributed by atoms with Gasteiger partial charge in [0.25, 0.3) is 0 Å². The first-order valence-corrected chi connectivity index (χ1v) is 8.91. The zero-order valence-corrected chi connectivity index (χ0v) is 15.0. The summed E-state index contributed by atoms with van der Waals surface area (Å²) in [5.74, 6) is -0.921. The second kappa shape index (κ2) is 7.93. The zero-order chi connectivity index (χ0) is 20.3. The molecule has 1 aliphatic heterocycles. The van der Waals surface area contributed by atoms with E-state index in [1.807, 2.05) is 0 Å². The number of benzene rings is 2. The lowest BCUT2D eigenvalue weighted by Gasteiger charge is -2.10. The molecule has 0 aromatic heterocycles. The van der Waals surface area contributed by atoms with Gasteiger partial charge in [-0.25, -0.2) is 4.99 Å². The summed E-state index contributed by atoms with van der Waals surface area (Å²) in [6, 6.07) is 10.3. The summed E-state index contributed by atoms with van der Waals surface area (Å²) in [7, 11) is 0. The number of halogens is 3. The first-order chi connectivity index (χ1) is 13.2. The number of phenolic OH excluding ortho intramolecular Hbond substituents is 1. The highest BCUT2D eigenvalue weighted by Gasteiger charge is 2.33. The Labute approximate surface area is 161 Å². The van der Waals surface area contributed by atoms with Crippen molar-refractivity contribution >= 4 is 40.1 Å². The average Bonchev–Trinajstić information content (AvgIpc) is 2.95. The molecule has 2 amide bonds. The monoisotopic (exact) mass is 409 g/mol. The van der Waals surface area contributed by atoms with E-state index in [4.69, 9.17) is 0 Å². The minimum atomic E-state index is -4.51. The SMILES string of the molecule is O=C(CC1SC(=Nc2ccc(O)cc2)NC1=O)Nc1cccc(C(F)(F)F)c1. The maximum atomic E-state index is 12.7. The molecule has 1 aliphatic rings. The van der Waals surface area contributed by atoms with E-state index >= 15 is 0 Å². The largest absolute Gasteiger partial charge is 0.508 e. The van der Waals surface area contributed by atoms with Gasteiger partial charge in [-0.15, -0.1) is 0 Å². The Kier molecular flexibility index (Phi) is 5.59. The van der Waals surface area contributed by atoms with E-state index in [0.717, 1.165) is 23.9 Å². The van der Waals surface area contributed by atoms with E-state index in [-0.39, 0.29) is 17.9 Å². The van der Waals surface area contributed by atoms with Gasteiger partial charge >= 0.3 is 6.18 Å². The van der Waals surface area contributed by atoms with Crippen LogP contribution in [0.4, 0.5) is 24.5 Å². The third-order valence-corrected chi connectivity index (χ3v) is 4.78. The lowest BCUT2D eigenvalue weighted by Crippen LogP contribution is -2.28. The second-order valence-corrected chi connectivity index (χ2v) is 7.05. The van der Waals surface area contributed by atoms with Gasteiger partial charge < -0.3 is 15.7 Å². The van der Waals surface area contributed by atoms with Gasteiger partial charge in [0, 0.05) is 12.1 Å². The van der Waals surface area contributed by atoms with Crippen molar-refractivity contribution < 1.29 is 27.9 Å². The van der Waals surface area contributed by atoms with Crippen molar-refractivity contribution in [3.63, 3.8) is 0 Å². The molecule has 1 saturated heterocycles. The number of nitrogens with one attached hydrogen (secondary N) is 2. The first-order valence-electron chi connectivity index (χ1n) is 8.03. The van der Waals surface area contributed by atoms with Gasteiger partial charge in [0.1, 0.15) is 11.0 Å². The van der Waals surface area contributed by atoms with Crippen molar-refractivity contribution in [1.82, 2.24) is 5.32 Å². The number of rotatable bonds is 4. The Morgan fingerprint density at radius 1 is 1.21 bits per heavy atom. The topological polar surface area (TPSA) is 90.8 Å². The minimum Gasteiger partial charge on any atom is -0.508 e. The number of aromatic hydroxyl groups is 1. The van der Waals surface area contributed by atoms with Gasteiger partial charge in [0.2, 0.25) is 11.8 Å². The van der Waals surface area contributed by atoms with Gasteiger partial charge in [0.05, 0.1) is 11.3 Å². The number of hydrogen-bond donors (Lipinski definition) is 3. The molecule has 1 atom stereocenters. The van der Waals surface area contributed by atoms with Crippen molar-refractivity contribution in [2.75, 3.05) is 5.32 Å². The molecule has 0 radical (unpaired) electrons. The fourth-order valence-corrected chi connectivity index (χ4v) is 3.38. The molecule has 0 spiro atoms. The van der Waals surface area contributed by atoms with Gasteiger partial charge in [-0.2, -0.15) is 13.2 Å². The van der Waals surface area contributed by atoms with Crippen LogP contribution in [0.25, 0.3) is 0 Å². The molecule has 1 unspecified atom stereocenters. The van der Waals surface area contributed by atoms with Crippen molar-refractivity contribution in [3.8, 4) is 5.75 Å². The number of aliphatic imine (C=N–C) groups is 1. The number of nitrogens with zero attached hydrogens (tertiary/aromatic N) is 1. The maximum absolute atomic E-state index is 12.7. The average molecular weight is 409 g/mol. The molecule has 6 nitrogen and oxygen atoms in total. The van der Waals surface area contributed by atoms with Crippen molar-refractivity contribution in [2.24, 2.45) is 4.99 Å². The summed E-state index contributed by atoms with van der Waals surface area (Å²) in [5.41, 5.74) is -0.363. The zero-order valence-electron chi connectivity index (χ0n) is 14.2. The van der Waals surface area contributed by atoms with Gasteiger partial charge in [-0.3, -0.25) is 9.59 Å². The molecule has 0 saturated carbocycles. The predicted octanol–water partition coefficient (Wildman–Crippen LogP) is 3.66. The summed E-state index contributed by atoms with van der Waals surface area (Å²) < 4.78 is 38.2. The van der Waals surface area contributed by atoms with Gasteiger partial charge in [-0.05, 0) is 42.5 Å². The number of anilines is 1. The van der Waals surface area contributed by atoms with Crippen LogP contribution < -0.4 is 10.6 Å². The van der Waals surface area contributed by atoms with Crippen LogP contribution in [0, 0.1) is 0 Å². The minimum absolute atomic E-state index is 0.00112. The van der Waals surface area contributed by atoms with Crippen molar-refractivity contribution in [3.05, 3.63) is 54.1 Å². The van der Waals surface area contributed by atoms with Crippen LogP contribution in [0.15, 0.2) is 53.5 Å². The molecule has 28 heavy (non-hydrogen) atoms. The molecule has 2 aromatic carbocycles. The van der Waals surface area contributed by atoms with Crippen LogP contribution >= 0.6 is 11.8 Å². The molecule has 2 aromatic rings. The Morgan fingerprint density at radius 2 is 1.93 bits per heavy atom. The number of thioether (sulfide) groups is 1.